The van der Waals surface area contributed by atoms with Crippen LogP contribution in [0.4, 0.5) is 17.2 Å². The molecule has 1 aromatic carbocycles. The lowest BCUT2D eigenvalue weighted by atomic mass is 10.2. The zero-order chi connectivity index (χ0) is 15.0. The molecule has 3 N–H and O–H groups in total. The Hall–Kier alpha value is -2.61. The molecule has 0 saturated carbocycles. The number of para-hydroxylation sites is 2. The van der Waals surface area contributed by atoms with Gasteiger partial charge in [0.15, 0.2) is 0 Å². The summed E-state index contributed by atoms with van der Waals surface area (Å²) in [6, 6.07) is 9.33. The van der Waals surface area contributed by atoms with Gasteiger partial charge < -0.3 is 11.1 Å². The van der Waals surface area contributed by atoms with Gasteiger partial charge in [-0.1, -0.05) is 12.1 Å². The molecular formula is C13H12N4O3S. The van der Waals surface area contributed by atoms with Gasteiger partial charge in [0, 0.05) is 12.3 Å². The molecule has 3 rings (SSSR count). The van der Waals surface area contributed by atoms with Crippen LogP contribution in [-0.2, 0) is 14.8 Å². The number of nitrogens with two attached hydrogens (primary N) is 1. The number of sulfonamides is 1. The topological polar surface area (TPSA) is 105 Å². The molecule has 1 amide bonds. The number of amides is 1. The van der Waals surface area contributed by atoms with Gasteiger partial charge in [0.1, 0.15) is 12.4 Å². The smallest absolute Gasteiger partial charge is 0.265 e. The van der Waals surface area contributed by atoms with E-state index in [4.69, 9.17) is 5.73 Å². The minimum absolute atomic E-state index is 0.000460. The van der Waals surface area contributed by atoms with E-state index in [9.17, 15) is 13.2 Å². The molecule has 8 heteroatoms. The number of carbonyl (C=O) groups excluding carboxylic acids is 1. The average molecular weight is 304 g/mol. The van der Waals surface area contributed by atoms with Crippen LogP contribution in [0.25, 0.3) is 0 Å². The maximum absolute atomic E-state index is 12.7. The predicted octanol–water partition coefficient (Wildman–Crippen LogP) is 0.811. The average Bonchev–Trinajstić information content (AvgIpc) is 2.46. The van der Waals surface area contributed by atoms with Gasteiger partial charge in [-0.15, -0.1) is 0 Å². The van der Waals surface area contributed by atoms with Crippen molar-refractivity contribution in [1.82, 2.24) is 4.98 Å². The number of hydrogen-bond donors (Lipinski definition) is 2. The Bertz CT molecular complexity index is 820. The first-order chi connectivity index (χ1) is 9.98. The number of pyridine rings is 1. The van der Waals surface area contributed by atoms with E-state index in [0.29, 0.717) is 11.4 Å². The van der Waals surface area contributed by atoms with Crippen LogP contribution < -0.4 is 15.4 Å². The summed E-state index contributed by atoms with van der Waals surface area (Å²) in [7, 11) is -3.88. The molecule has 0 bridgehead atoms. The molecule has 0 saturated heterocycles. The van der Waals surface area contributed by atoms with Crippen molar-refractivity contribution in [2.45, 2.75) is 4.90 Å². The highest BCUT2D eigenvalue weighted by atomic mass is 32.2. The van der Waals surface area contributed by atoms with Crippen molar-refractivity contribution in [3.05, 3.63) is 42.6 Å². The molecule has 108 valence electrons. The first-order valence-corrected chi connectivity index (χ1v) is 7.55. The Labute approximate surface area is 121 Å². The molecule has 0 fully saturated rings. The monoisotopic (exact) mass is 304 g/mol. The van der Waals surface area contributed by atoms with E-state index >= 15 is 0 Å². The molecule has 1 aliphatic heterocycles. The molecule has 0 spiro atoms. The molecule has 1 aliphatic rings. The summed E-state index contributed by atoms with van der Waals surface area (Å²) in [5.74, 6) is -0.287. The van der Waals surface area contributed by atoms with Gasteiger partial charge in [0.2, 0.25) is 5.91 Å². The molecule has 7 nitrogen and oxygen atoms in total. The summed E-state index contributed by atoms with van der Waals surface area (Å²) in [5, 5.41) is 2.64. The van der Waals surface area contributed by atoms with Crippen LogP contribution >= 0.6 is 0 Å². The Balaban J connectivity index is 2.14. The Kier molecular flexibility index (Phi) is 3.02. The third-order valence-electron chi connectivity index (χ3n) is 3.07. The van der Waals surface area contributed by atoms with Gasteiger partial charge in [-0.3, -0.25) is 9.10 Å². The van der Waals surface area contributed by atoms with Crippen molar-refractivity contribution in [1.29, 1.82) is 0 Å². The van der Waals surface area contributed by atoms with Crippen LogP contribution in [0.5, 0.6) is 0 Å². The zero-order valence-electron chi connectivity index (χ0n) is 10.9. The van der Waals surface area contributed by atoms with Crippen molar-refractivity contribution >= 4 is 33.1 Å². The Morgan fingerprint density at radius 2 is 2.00 bits per heavy atom. The second-order valence-electron chi connectivity index (χ2n) is 4.49. The van der Waals surface area contributed by atoms with Crippen molar-refractivity contribution in [3.63, 3.8) is 0 Å². The molecule has 21 heavy (non-hydrogen) atoms. The number of carbonyl (C=O) groups is 1. The standard InChI is InChI=1S/C13H12N4O3S/c14-12-7-9(5-6-15-12)21(19,20)17-8-13(18)16-10-3-1-2-4-11(10)17/h1-7H,8H2,(H2,14,15)(H,16,18). The van der Waals surface area contributed by atoms with E-state index in [1.165, 1.54) is 18.3 Å². The third kappa shape index (κ3) is 2.29. The number of rotatable bonds is 2. The van der Waals surface area contributed by atoms with Crippen LogP contribution in [0.3, 0.4) is 0 Å². The summed E-state index contributed by atoms with van der Waals surface area (Å²) in [6.07, 6.45) is 1.32. The number of benzene rings is 1. The number of fused-ring (bicyclic) bond motifs is 1. The fourth-order valence-corrected chi connectivity index (χ4v) is 3.59. The normalized spacial score (nSPS) is 14.5. The molecule has 0 unspecified atom stereocenters. The highest BCUT2D eigenvalue weighted by Gasteiger charge is 2.32. The van der Waals surface area contributed by atoms with Gasteiger partial charge in [0.05, 0.1) is 16.3 Å². The van der Waals surface area contributed by atoms with Crippen LogP contribution in [-0.4, -0.2) is 25.9 Å². The van der Waals surface area contributed by atoms with Crippen molar-refractivity contribution < 1.29 is 13.2 Å². The lowest BCUT2D eigenvalue weighted by Gasteiger charge is -2.30. The number of hydrogen-bond acceptors (Lipinski definition) is 5. The van der Waals surface area contributed by atoms with Crippen LogP contribution in [0.2, 0.25) is 0 Å². The minimum Gasteiger partial charge on any atom is -0.384 e. The number of nitrogen functional groups attached to an aromatic ring is 1. The van der Waals surface area contributed by atoms with E-state index in [2.05, 4.69) is 10.3 Å². The highest BCUT2D eigenvalue weighted by Crippen LogP contribution is 2.33. The first-order valence-electron chi connectivity index (χ1n) is 6.11. The third-order valence-corrected chi connectivity index (χ3v) is 4.83. The second-order valence-corrected chi connectivity index (χ2v) is 6.36. The molecule has 2 heterocycles. The van der Waals surface area contributed by atoms with E-state index in [-0.39, 0.29) is 23.2 Å². The zero-order valence-corrected chi connectivity index (χ0v) is 11.7. The predicted molar refractivity (Wildman–Crippen MR) is 78.3 cm³/mol. The van der Waals surface area contributed by atoms with Gasteiger partial charge >= 0.3 is 0 Å². The summed E-state index contributed by atoms with van der Waals surface area (Å²) in [4.78, 5) is 15.5. The largest absolute Gasteiger partial charge is 0.384 e. The number of anilines is 3. The van der Waals surface area contributed by atoms with E-state index < -0.39 is 10.0 Å². The molecule has 2 aromatic rings. The SMILES string of the molecule is Nc1cc(S(=O)(=O)N2CC(=O)Nc3ccccc32)ccn1. The Morgan fingerprint density at radius 1 is 1.24 bits per heavy atom. The van der Waals surface area contributed by atoms with Crippen molar-refractivity contribution in [2.75, 3.05) is 21.9 Å². The molecular weight excluding hydrogens is 292 g/mol. The first kappa shape index (κ1) is 13.4. The fraction of sp³-hybridized carbons (Fsp3) is 0.0769. The van der Waals surface area contributed by atoms with Crippen LogP contribution in [0.15, 0.2) is 47.5 Å². The molecule has 0 atom stereocenters. The summed E-state index contributed by atoms with van der Waals surface area (Å²) < 4.78 is 26.5. The lowest BCUT2D eigenvalue weighted by molar-refractivity contribution is -0.115. The van der Waals surface area contributed by atoms with Gasteiger partial charge in [-0.25, -0.2) is 13.4 Å². The summed E-state index contributed by atoms with van der Waals surface area (Å²) in [5.41, 5.74) is 6.41. The Morgan fingerprint density at radius 3 is 2.76 bits per heavy atom. The van der Waals surface area contributed by atoms with Crippen molar-refractivity contribution in [3.8, 4) is 0 Å². The number of nitrogens with zero attached hydrogens (tertiary/aromatic N) is 2. The lowest BCUT2D eigenvalue weighted by Crippen LogP contribution is -2.42. The summed E-state index contributed by atoms with van der Waals surface area (Å²) in [6.45, 7) is -0.276. The van der Waals surface area contributed by atoms with E-state index in [1.54, 1.807) is 24.3 Å². The van der Waals surface area contributed by atoms with Gasteiger partial charge in [0.25, 0.3) is 10.0 Å². The number of aromatic nitrogens is 1. The quantitative estimate of drug-likeness (QED) is 0.854. The second kappa shape index (κ2) is 4.74. The van der Waals surface area contributed by atoms with Gasteiger partial charge in [-0.05, 0) is 18.2 Å². The molecule has 0 radical (unpaired) electrons. The fourth-order valence-electron chi connectivity index (χ4n) is 2.13. The highest BCUT2D eigenvalue weighted by molar-refractivity contribution is 7.92. The maximum Gasteiger partial charge on any atom is 0.265 e. The molecule has 0 aliphatic carbocycles. The molecule has 1 aromatic heterocycles. The summed E-state index contributed by atoms with van der Waals surface area (Å²) >= 11 is 0. The maximum atomic E-state index is 12.7. The van der Waals surface area contributed by atoms with Gasteiger partial charge in [-0.2, -0.15) is 0 Å². The van der Waals surface area contributed by atoms with Crippen LogP contribution in [0.1, 0.15) is 0 Å². The van der Waals surface area contributed by atoms with E-state index in [1.807, 2.05) is 0 Å². The minimum atomic E-state index is -3.88. The number of nitrogens with one attached hydrogen (secondary N) is 1. The van der Waals surface area contributed by atoms with Crippen LogP contribution in [0, 0.1) is 0 Å². The van der Waals surface area contributed by atoms with Crippen molar-refractivity contribution in [2.24, 2.45) is 0 Å². The van der Waals surface area contributed by atoms with E-state index in [0.717, 1.165) is 4.31 Å².